The average Bonchev–Trinajstić information content (AvgIpc) is 2.64. The summed E-state index contributed by atoms with van der Waals surface area (Å²) in [5.74, 6) is -2.64. The van der Waals surface area contributed by atoms with Crippen molar-refractivity contribution in [3.05, 3.63) is 42.7 Å². The van der Waals surface area contributed by atoms with Crippen LogP contribution in [0.3, 0.4) is 0 Å². The average molecular weight is 435 g/mol. The lowest BCUT2D eigenvalue weighted by atomic mass is 9.96. The SMILES string of the molecule is C=C(O[C@H]1[C@@H](COC(C)=O)C(=O)N1CC(=O)OC(C)(C)C)C(=O)Sc1ccccc1. The largest absolute Gasteiger partial charge is 0.465 e. The van der Waals surface area contributed by atoms with Crippen molar-refractivity contribution in [2.45, 2.75) is 44.4 Å². The monoisotopic (exact) mass is 435 g/mol. The highest BCUT2D eigenvalue weighted by Crippen LogP contribution is 2.32. The van der Waals surface area contributed by atoms with Gasteiger partial charge in [0.2, 0.25) is 5.91 Å². The fourth-order valence-electron chi connectivity index (χ4n) is 2.63. The van der Waals surface area contributed by atoms with Crippen molar-refractivity contribution in [1.29, 1.82) is 0 Å². The van der Waals surface area contributed by atoms with Gasteiger partial charge in [-0.05, 0) is 44.7 Å². The molecular formula is C21H25NO7S. The summed E-state index contributed by atoms with van der Waals surface area (Å²) >= 11 is 0.928. The van der Waals surface area contributed by atoms with Gasteiger partial charge in [0.1, 0.15) is 24.7 Å². The van der Waals surface area contributed by atoms with Crippen LogP contribution in [0.1, 0.15) is 27.7 Å². The van der Waals surface area contributed by atoms with Gasteiger partial charge < -0.3 is 14.2 Å². The highest BCUT2D eigenvalue weighted by atomic mass is 32.2. The first-order valence-corrected chi connectivity index (χ1v) is 10.1. The number of amides is 1. The van der Waals surface area contributed by atoms with Crippen LogP contribution in [-0.2, 0) is 33.4 Å². The molecule has 1 aliphatic heterocycles. The van der Waals surface area contributed by atoms with E-state index in [0.29, 0.717) is 4.90 Å². The van der Waals surface area contributed by atoms with Crippen molar-refractivity contribution in [3.63, 3.8) is 0 Å². The topological polar surface area (TPSA) is 99.2 Å². The summed E-state index contributed by atoms with van der Waals surface area (Å²) in [5.41, 5.74) is -0.718. The molecule has 9 heteroatoms. The molecule has 0 aromatic heterocycles. The molecule has 1 amide bonds. The molecule has 0 bridgehead atoms. The van der Waals surface area contributed by atoms with E-state index in [4.69, 9.17) is 14.2 Å². The number of thioether (sulfide) groups is 1. The molecule has 0 spiro atoms. The minimum atomic E-state index is -0.975. The summed E-state index contributed by atoms with van der Waals surface area (Å²) in [6, 6.07) is 8.94. The molecule has 2 rings (SSSR count). The van der Waals surface area contributed by atoms with Gasteiger partial charge in [-0.15, -0.1) is 0 Å². The van der Waals surface area contributed by atoms with E-state index in [1.807, 2.05) is 6.07 Å². The first-order valence-electron chi connectivity index (χ1n) is 9.26. The third-order valence-electron chi connectivity index (χ3n) is 3.88. The van der Waals surface area contributed by atoms with Crippen LogP contribution in [0.15, 0.2) is 47.6 Å². The Bertz CT molecular complexity index is 832. The van der Waals surface area contributed by atoms with Crippen LogP contribution >= 0.6 is 11.8 Å². The smallest absolute Gasteiger partial charge is 0.326 e. The van der Waals surface area contributed by atoms with Crippen LogP contribution < -0.4 is 0 Å². The van der Waals surface area contributed by atoms with Crippen LogP contribution in [0.5, 0.6) is 0 Å². The fourth-order valence-corrected chi connectivity index (χ4v) is 3.30. The quantitative estimate of drug-likeness (QED) is 0.202. The lowest BCUT2D eigenvalue weighted by molar-refractivity contribution is -0.199. The Kier molecular flexibility index (Phi) is 7.66. The van der Waals surface area contributed by atoms with Gasteiger partial charge in [-0.1, -0.05) is 24.8 Å². The number of likely N-dealkylation sites (tertiary alicyclic amines) is 1. The third kappa shape index (κ3) is 6.62. The van der Waals surface area contributed by atoms with Gasteiger partial charge in [-0.3, -0.25) is 24.1 Å². The van der Waals surface area contributed by atoms with Crippen molar-refractivity contribution in [2.75, 3.05) is 13.2 Å². The predicted molar refractivity (Wildman–Crippen MR) is 109 cm³/mol. The molecule has 162 valence electrons. The number of benzene rings is 1. The number of carbonyl (C=O) groups is 4. The summed E-state index contributed by atoms with van der Waals surface area (Å²) in [7, 11) is 0. The maximum atomic E-state index is 12.5. The minimum absolute atomic E-state index is 0.177. The van der Waals surface area contributed by atoms with Crippen LogP contribution in [-0.4, -0.2) is 52.8 Å². The number of carbonyl (C=O) groups excluding carboxylic acids is 4. The Hall–Kier alpha value is -2.81. The maximum Gasteiger partial charge on any atom is 0.326 e. The Balaban J connectivity index is 2.05. The molecule has 30 heavy (non-hydrogen) atoms. The summed E-state index contributed by atoms with van der Waals surface area (Å²) in [5, 5.41) is -0.441. The molecule has 1 aromatic rings. The second kappa shape index (κ2) is 9.80. The molecule has 1 heterocycles. The van der Waals surface area contributed by atoms with E-state index in [9.17, 15) is 19.2 Å². The van der Waals surface area contributed by atoms with E-state index in [0.717, 1.165) is 16.7 Å². The van der Waals surface area contributed by atoms with Crippen molar-refractivity contribution in [2.24, 2.45) is 5.92 Å². The van der Waals surface area contributed by atoms with Gasteiger partial charge in [0.25, 0.3) is 5.12 Å². The highest BCUT2D eigenvalue weighted by molar-refractivity contribution is 8.14. The second-order valence-corrected chi connectivity index (χ2v) is 8.64. The zero-order valence-electron chi connectivity index (χ0n) is 17.4. The number of esters is 2. The molecule has 0 radical (unpaired) electrons. The first-order chi connectivity index (χ1) is 14.0. The predicted octanol–water partition coefficient (Wildman–Crippen LogP) is 2.52. The molecule has 2 atom stereocenters. The molecule has 0 saturated carbocycles. The van der Waals surface area contributed by atoms with Gasteiger partial charge in [-0.25, -0.2) is 0 Å². The van der Waals surface area contributed by atoms with E-state index >= 15 is 0 Å². The van der Waals surface area contributed by atoms with Gasteiger partial charge >= 0.3 is 11.9 Å². The Morgan fingerprint density at radius 3 is 2.37 bits per heavy atom. The van der Waals surface area contributed by atoms with Crippen LogP contribution in [0, 0.1) is 5.92 Å². The minimum Gasteiger partial charge on any atom is -0.465 e. The van der Waals surface area contributed by atoms with Crippen LogP contribution in [0.25, 0.3) is 0 Å². The van der Waals surface area contributed by atoms with Gasteiger partial charge in [-0.2, -0.15) is 0 Å². The van der Waals surface area contributed by atoms with Crippen LogP contribution in [0.2, 0.25) is 0 Å². The van der Waals surface area contributed by atoms with E-state index in [2.05, 4.69) is 6.58 Å². The van der Waals surface area contributed by atoms with Crippen LogP contribution in [0.4, 0.5) is 0 Å². The Morgan fingerprint density at radius 1 is 1.17 bits per heavy atom. The highest BCUT2D eigenvalue weighted by Gasteiger charge is 2.51. The number of hydrogen-bond donors (Lipinski definition) is 0. The summed E-state index contributed by atoms with van der Waals surface area (Å²) in [4.78, 5) is 50.0. The second-order valence-electron chi connectivity index (χ2n) is 7.60. The zero-order chi connectivity index (χ0) is 22.5. The lowest BCUT2D eigenvalue weighted by Crippen LogP contribution is -2.64. The Morgan fingerprint density at radius 2 is 1.80 bits per heavy atom. The summed E-state index contributed by atoms with van der Waals surface area (Å²) in [6.45, 7) is 9.41. The fraction of sp³-hybridized carbons (Fsp3) is 0.429. The van der Waals surface area contributed by atoms with Crippen molar-refractivity contribution >= 4 is 34.7 Å². The van der Waals surface area contributed by atoms with E-state index < -0.39 is 40.7 Å². The van der Waals surface area contributed by atoms with E-state index in [-0.39, 0.29) is 18.9 Å². The van der Waals surface area contributed by atoms with Gasteiger partial charge in [0.15, 0.2) is 12.0 Å². The summed E-state index contributed by atoms with van der Waals surface area (Å²) < 4.78 is 15.8. The number of β-lactam (4-membered cyclic amide) rings is 1. The van der Waals surface area contributed by atoms with Gasteiger partial charge in [0.05, 0.1) is 0 Å². The molecule has 1 saturated heterocycles. The standard InChI is InChI=1S/C21H25NO7S/c1-13(20(26)30-15-9-7-6-8-10-15)28-19-16(12-27-14(2)23)18(25)22(19)11-17(24)29-21(3,4)5/h6-10,16,19H,1,11-12H2,2-5H3/t16-,19-/m0/s1. The molecule has 8 nitrogen and oxygen atoms in total. The third-order valence-corrected chi connectivity index (χ3v) is 4.80. The van der Waals surface area contributed by atoms with E-state index in [1.54, 1.807) is 45.0 Å². The molecule has 0 N–H and O–H groups in total. The number of nitrogens with zero attached hydrogens (tertiary/aromatic N) is 1. The van der Waals surface area contributed by atoms with E-state index in [1.165, 1.54) is 6.92 Å². The zero-order valence-corrected chi connectivity index (χ0v) is 18.2. The Labute approximate surface area is 179 Å². The summed E-state index contributed by atoms with van der Waals surface area (Å²) in [6.07, 6.45) is -0.975. The molecule has 0 unspecified atom stereocenters. The number of hydrogen-bond acceptors (Lipinski definition) is 8. The molecule has 1 aliphatic rings. The molecule has 1 aromatic carbocycles. The van der Waals surface area contributed by atoms with Gasteiger partial charge in [0, 0.05) is 11.8 Å². The molecule has 1 fully saturated rings. The first kappa shape index (κ1) is 23.5. The molecular weight excluding hydrogens is 410 g/mol. The number of ether oxygens (including phenoxy) is 3. The number of rotatable bonds is 8. The maximum absolute atomic E-state index is 12.5. The molecule has 0 aliphatic carbocycles. The van der Waals surface area contributed by atoms with Crippen molar-refractivity contribution in [3.8, 4) is 0 Å². The van der Waals surface area contributed by atoms with Crippen molar-refractivity contribution < 1.29 is 33.4 Å². The normalized spacial score (nSPS) is 18.3. The lowest BCUT2D eigenvalue weighted by Gasteiger charge is -2.45. The van der Waals surface area contributed by atoms with Crippen molar-refractivity contribution in [1.82, 2.24) is 4.90 Å².